The summed E-state index contributed by atoms with van der Waals surface area (Å²) in [7, 11) is 0. The molecule has 3 rings (SSSR count). The number of benzene rings is 1. The Balaban J connectivity index is 1.77. The average molecular weight is 391 g/mol. The molecule has 0 aliphatic heterocycles. The fourth-order valence-corrected chi connectivity index (χ4v) is 3.11. The molecule has 28 heavy (non-hydrogen) atoms. The molecule has 3 N–H and O–H groups in total. The van der Waals surface area contributed by atoms with Gasteiger partial charge in [-0.2, -0.15) is 13.2 Å². The van der Waals surface area contributed by atoms with E-state index in [9.17, 15) is 18.0 Å². The van der Waals surface area contributed by atoms with Crippen LogP contribution in [0.4, 0.5) is 19.0 Å². The zero-order valence-electron chi connectivity index (χ0n) is 15.7. The minimum absolute atomic E-state index is 0.0393. The predicted molar refractivity (Wildman–Crippen MR) is 99.9 cm³/mol. The highest BCUT2D eigenvalue weighted by molar-refractivity contribution is 5.94. The molecule has 0 saturated heterocycles. The smallest absolute Gasteiger partial charge is 0.382 e. The molecule has 9 heteroatoms. The summed E-state index contributed by atoms with van der Waals surface area (Å²) in [4.78, 5) is 21.0. The number of nitrogens with zero attached hydrogens (tertiary/aromatic N) is 3. The summed E-state index contributed by atoms with van der Waals surface area (Å²) < 4.78 is 40.3. The van der Waals surface area contributed by atoms with E-state index in [2.05, 4.69) is 15.3 Å². The number of imidazole rings is 1. The monoisotopic (exact) mass is 391 g/mol. The third kappa shape index (κ3) is 3.64. The number of nitrogens with one attached hydrogen (secondary N) is 1. The van der Waals surface area contributed by atoms with E-state index in [1.54, 1.807) is 0 Å². The first-order valence-corrected chi connectivity index (χ1v) is 8.64. The molecule has 1 amide bonds. The van der Waals surface area contributed by atoms with Crippen molar-refractivity contribution in [3.8, 4) is 0 Å². The maximum Gasteiger partial charge on any atom is 0.416 e. The van der Waals surface area contributed by atoms with Crippen LogP contribution < -0.4 is 11.1 Å². The van der Waals surface area contributed by atoms with Crippen molar-refractivity contribution in [2.45, 2.75) is 33.5 Å². The van der Waals surface area contributed by atoms with Crippen molar-refractivity contribution in [3.05, 3.63) is 52.5 Å². The normalized spacial score (nSPS) is 11.8. The van der Waals surface area contributed by atoms with Crippen molar-refractivity contribution in [1.29, 1.82) is 0 Å². The van der Waals surface area contributed by atoms with Gasteiger partial charge < -0.3 is 15.6 Å². The van der Waals surface area contributed by atoms with Crippen LogP contribution in [0.5, 0.6) is 0 Å². The van der Waals surface area contributed by atoms with Gasteiger partial charge in [0.05, 0.1) is 11.1 Å². The van der Waals surface area contributed by atoms with Gasteiger partial charge in [0, 0.05) is 24.3 Å². The van der Waals surface area contributed by atoms with Crippen molar-refractivity contribution >= 4 is 22.8 Å². The first-order chi connectivity index (χ1) is 13.1. The van der Waals surface area contributed by atoms with Gasteiger partial charge in [0.25, 0.3) is 5.91 Å². The Kier molecular flexibility index (Phi) is 5.01. The molecule has 0 unspecified atom stereocenters. The number of amides is 1. The van der Waals surface area contributed by atoms with E-state index in [4.69, 9.17) is 5.73 Å². The third-order valence-corrected chi connectivity index (χ3v) is 4.66. The SMILES string of the molecule is Cc1nc(N)c2nc(C)n(CCNC(=O)c3cccc(C(F)(F)F)c3)c2c1C. The Morgan fingerprint density at radius 3 is 2.61 bits per heavy atom. The quantitative estimate of drug-likeness (QED) is 0.714. The molecule has 0 saturated carbocycles. The van der Waals surface area contributed by atoms with Gasteiger partial charge in [0.1, 0.15) is 11.3 Å². The van der Waals surface area contributed by atoms with E-state index in [1.807, 2.05) is 25.3 Å². The van der Waals surface area contributed by atoms with E-state index < -0.39 is 17.6 Å². The van der Waals surface area contributed by atoms with Crippen molar-refractivity contribution in [3.63, 3.8) is 0 Å². The van der Waals surface area contributed by atoms with Crippen LogP contribution in [0.15, 0.2) is 24.3 Å². The Morgan fingerprint density at radius 1 is 1.21 bits per heavy atom. The number of fused-ring (bicyclic) bond motifs is 1. The predicted octanol–water partition coefficient (Wildman–Crippen LogP) is 3.39. The lowest BCUT2D eigenvalue weighted by Crippen LogP contribution is -2.27. The van der Waals surface area contributed by atoms with E-state index in [-0.39, 0.29) is 12.1 Å². The van der Waals surface area contributed by atoms with Gasteiger partial charge in [-0.05, 0) is 44.5 Å². The van der Waals surface area contributed by atoms with Gasteiger partial charge in [-0.3, -0.25) is 4.79 Å². The maximum atomic E-state index is 12.8. The number of carbonyl (C=O) groups is 1. The molecule has 3 aromatic rings. The Hall–Kier alpha value is -3.10. The highest BCUT2D eigenvalue weighted by Gasteiger charge is 2.30. The van der Waals surface area contributed by atoms with Crippen LogP contribution in [0.3, 0.4) is 0 Å². The topological polar surface area (TPSA) is 85.8 Å². The highest BCUT2D eigenvalue weighted by atomic mass is 19.4. The Labute approximate surface area is 159 Å². The largest absolute Gasteiger partial charge is 0.416 e. The van der Waals surface area contributed by atoms with Gasteiger partial charge in [0.15, 0.2) is 5.82 Å². The van der Waals surface area contributed by atoms with Gasteiger partial charge in [-0.1, -0.05) is 6.07 Å². The number of alkyl halides is 3. The summed E-state index contributed by atoms with van der Waals surface area (Å²) >= 11 is 0. The minimum Gasteiger partial charge on any atom is -0.382 e. The van der Waals surface area contributed by atoms with E-state index >= 15 is 0 Å². The molecule has 0 aliphatic rings. The van der Waals surface area contributed by atoms with Crippen LogP contribution in [0.25, 0.3) is 11.0 Å². The number of aryl methyl sites for hydroxylation is 3. The summed E-state index contributed by atoms with van der Waals surface area (Å²) in [5.41, 5.74) is 8.24. The minimum atomic E-state index is -4.49. The first kappa shape index (κ1) is 19.7. The van der Waals surface area contributed by atoms with Gasteiger partial charge in [-0.25, -0.2) is 9.97 Å². The lowest BCUT2D eigenvalue weighted by Gasteiger charge is -2.12. The van der Waals surface area contributed by atoms with Crippen LogP contribution in [-0.4, -0.2) is 27.0 Å². The maximum absolute atomic E-state index is 12.8. The van der Waals surface area contributed by atoms with Crippen molar-refractivity contribution in [2.75, 3.05) is 12.3 Å². The van der Waals surface area contributed by atoms with Gasteiger partial charge >= 0.3 is 6.18 Å². The molecule has 0 spiro atoms. The summed E-state index contributed by atoms with van der Waals surface area (Å²) in [5, 5.41) is 2.65. The van der Waals surface area contributed by atoms with Crippen molar-refractivity contribution in [2.24, 2.45) is 0 Å². The number of halogens is 3. The molecule has 6 nitrogen and oxygen atoms in total. The Morgan fingerprint density at radius 2 is 1.93 bits per heavy atom. The first-order valence-electron chi connectivity index (χ1n) is 8.64. The summed E-state index contributed by atoms with van der Waals surface area (Å²) in [6.07, 6.45) is -4.49. The van der Waals surface area contributed by atoms with Crippen molar-refractivity contribution in [1.82, 2.24) is 19.9 Å². The Bertz CT molecular complexity index is 1060. The van der Waals surface area contributed by atoms with Gasteiger partial charge in [-0.15, -0.1) is 0 Å². The second kappa shape index (κ2) is 7.14. The van der Waals surface area contributed by atoms with E-state index in [1.165, 1.54) is 12.1 Å². The lowest BCUT2D eigenvalue weighted by atomic mass is 10.1. The number of aromatic nitrogens is 3. The second-order valence-electron chi connectivity index (χ2n) is 6.55. The average Bonchev–Trinajstić information content (AvgIpc) is 2.96. The zero-order valence-corrected chi connectivity index (χ0v) is 15.7. The van der Waals surface area contributed by atoms with Crippen molar-refractivity contribution < 1.29 is 18.0 Å². The van der Waals surface area contributed by atoms with E-state index in [0.717, 1.165) is 28.9 Å². The number of hydrogen-bond donors (Lipinski definition) is 2. The number of rotatable bonds is 4. The molecule has 0 radical (unpaired) electrons. The molecular formula is C19H20F3N5O. The number of hydrogen-bond acceptors (Lipinski definition) is 4. The van der Waals surface area contributed by atoms with Crippen LogP contribution in [0, 0.1) is 20.8 Å². The summed E-state index contributed by atoms with van der Waals surface area (Å²) in [6, 6.07) is 4.34. The number of pyridine rings is 1. The highest BCUT2D eigenvalue weighted by Crippen LogP contribution is 2.29. The molecule has 2 aromatic heterocycles. The third-order valence-electron chi connectivity index (χ3n) is 4.66. The molecular weight excluding hydrogens is 371 g/mol. The fourth-order valence-electron chi connectivity index (χ4n) is 3.11. The molecule has 0 fully saturated rings. The summed E-state index contributed by atoms with van der Waals surface area (Å²) in [5.74, 6) is 0.487. The summed E-state index contributed by atoms with van der Waals surface area (Å²) in [6.45, 7) is 6.22. The molecule has 2 heterocycles. The molecule has 148 valence electrons. The molecule has 1 aromatic carbocycles. The van der Waals surface area contributed by atoms with Gasteiger partial charge in [0.2, 0.25) is 0 Å². The molecule has 0 bridgehead atoms. The fraction of sp³-hybridized carbons (Fsp3) is 0.316. The molecule has 0 aliphatic carbocycles. The number of nitrogen functional groups attached to an aromatic ring is 1. The number of nitrogens with two attached hydrogens (primary N) is 1. The van der Waals surface area contributed by atoms with Crippen LogP contribution in [0.1, 0.15) is 33.0 Å². The number of anilines is 1. The molecule has 0 atom stereocenters. The zero-order chi connectivity index (χ0) is 20.6. The van der Waals surface area contributed by atoms with E-state index in [0.29, 0.717) is 23.7 Å². The van der Waals surface area contributed by atoms with Crippen LogP contribution >= 0.6 is 0 Å². The number of carbonyl (C=O) groups excluding carboxylic acids is 1. The van der Waals surface area contributed by atoms with Crippen LogP contribution in [-0.2, 0) is 12.7 Å². The van der Waals surface area contributed by atoms with Crippen LogP contribution in [0.2, 0.25) is 0 Å². The second-order valence-corrected chi connectivity index (χ2v) is 6.55. The lowest BCUT2D eigenvalue weighted by molar-refractivity contribution is -0.137. The standard InChI is InChI=1S/C19H20F3N5O/c1-10-11(2)25-17(23)15-16(10)27(12(3)26-15)8-7-24-18(28)13-5-4-6-14(9-13)19(20,21)22/h4-6,9H,7-8H2,1-3H3,(H2,23,25)(H,24,28).